The fraction of sp³-hybridized carbons (Fsp3) is 0.750. The van der Waals surface area contributed by atoms with Crippen LogP contribution in [0.25, 0.3) is 0 Å². The van der Waals surface area contributed by atoms with E-state index in [0.29, 0.717) is 6.61 Å². The van der Waals surface area contributed by atoms with E-state index in [2.05, 4.69) is 6.92 Å². The summed E-state index contributed by atoms with van der Waals surface area (Å²) in [6.45, 7) is 2.58. The van der Waals surface area contributed by atoms with Gasteiger partial charge >= 0.3 is 0 Å². The number of aliphatic hydroxyl groups excluding tert-OH is 1. The number of allylic oxidation sites excluding steroid dienone is 1. The van der Waals surface area contributed by atoms with Gasteiger partial charge < -0.3 is 14.6 Å². The molecular weight excluding hydrogens is 144 g/mol. The second kappa shape index (κ2) is 4.49. The number of hydrogen-bond donors (Lipinski definition) is 1. The van der Waals surface area contributed by atoms with Crippen LogP contribution in [0.2, 0.25) is 0 Å². The zero-order valence-corrected chi connectivity index (χ0v) is 6.69. The second-order valence-corrected chi connectivity index (χ2v) is 2.48. The molecule has 3 heteroatoms. The van der Waals surface area contributed by atoms with Crippen LogP contribution in [0.5, 0.6) is 0 Å². The van der Waals surface area contributed by atoms with Gasteiger partial charge in [-0.2, -0.15) is 0 Å². The van der Waals surface area contributed by atoms with E-state index < -0.39 is 0 Å². The molecule has 2 atom stereocenters. The first-order valence-corrected chi connectivity index (χ1v) is 3.91. The Labute approximate surface area is 66.6 Å². The summed E-state index contributed by atoms with van der Waals surface area (Å²) in [6, 6.07) is 0. The van der Waals surface area contributed by atoms with E-state index in [-0.39, 0.29) is 19.0 Å². The first-order valence-electron chi connectivity index (χ1n) is 3.91. The van der Waals surface area contributed by atoms with E-state index in [0.717, 1.165) is 6.42 Å². The van der Waals surface area contributed by atoms with Gasteiger partial charge in [0.15, 0.2) is 6.29 Å². The summed E-state index contributed by atoms with van der Waals surface area (Å²) in [5.74, 6) is 0. The van der Waals surface area contributed by atoms with Crippen molar-refractivity contribution >= 4 is 0 Å². The fourth-order valence-electron chi connectivity index (χ4n) is 0.914. The van der Waals surface area contributed by atoms with E-state index in [1.54, 1.807) is 0 Å². The SMILES string of the molecule is CC/C=C/C1OCC(CO)O1. The molecule has 1 heterocycles. The van der Waals surface area contributed by atoms with Crippen LogP contribution < -0.4 is 0 Å². The zero-order valence-electron chi connectivity index (χ0n) is 6.69. The molecule has 0 aliphatic carbocycles. The molecular formula is C8H14O3. The van der Waals surface area contributed by atoms with Gasteiger partial charge in [0.1, 0.15) is 6.10 Å². The summed E-state index contributed by atoms with van der Waals surface area (Å²) in [6.07, 6.45) is 4.46. The quantitative estimate of drug-likeness (QED) is 0.614. The average Bonchev–Trinajstić information content (AvgIpc) is 2.48. The Morgan fingerprint density at radius 2 is 2.45 bits per heavy atom. The second-order valence-electron chi connectivity index (χ2n) is 2.48. The van der Waals surface area contributed by atoms with Crippen molar-refractivity contribution in [2.45, 2.75) is 25.7 Å². The molecule has 64 valence electrons. The molecule has 0 spiro atoms. The Bertz CT molecular complexity index is 133. The molecule has 2 unspecified atom stereocenters. The Morgan fingerprint density at radius 3 is 3.00 bits per heavy atom. The van der Waals surface area contributed by atoms with Gasteiger partial charge in [-0.05, 0) is 12.5 Å². The highest BCUT2D eigenvalue weighted by Crippen LogP contribution is 2.11. The minimum absolute atomic E-state index is 0.0382. The van der Waals surface area contributed by atoms with Crippen LogP contribution in [0.4, 0.5) is 0 Å². The topological polar surface area (TPSA) is 38.7 Å². The van der Waals surface area contributed by atoms with E-state index in [4.69, 9.17) is 14.6 Å². The molecule has 0 amide bonds. The maximum atomic E-state index is 8.68. The van der Waals surface area contributed by atoms with Crippen LogP contribution >= 0.6 is 0 Å². The monoisotopic (exact) mass is 158 g/mol. The third kappa shape index (κ3) is 2.61. The Balaban J connectivity index is 2.24. The molecule has 1 aliphatic heterocycles. The van der Waals surface area contributed by atoms with Crippen molar-refractivity contribution in [2.75, 3.05) is 13.2 Å². The van der Waals surface area contributed by atoms with E-state index in [1.807, 2.05) is 12.2 Å². The van der Waals surface area contributed by atoms with Crippen LogP contribution in [0, 0.1) is 0 Å². The first kappa shape index (κ1) is 8.71. The van der Waals surface area contributed by atoms with Gasteiger partial charge in [-0.3, -0.25) is 0 Å². The van der Waals surface area contributed by atoms with E-state index >= 15 is 0 Å². The van der Waals surface area contributed by atoms with Gasteiger partial charge in [-0.1, -0.05) is 13.0 Å². The molecule has 0 aromatic rings. The fourth-order valence-corrected chi connectivity index (χ4v) is 0.914. The van der Waals surface area contributed by atoms with Crippen LogP contribution in [0.3, 0.4) is 0 Å². The minimum atomic E-state index is -0.243. The number of ether oxygens (including phenoxy) is 2. The maximum Gasteiger partial charge on any atom is 0.177 e. The van der Waals surface area contributed by atoms with Gasteiger partial charge in [0.2, 0.25) is 0 Å². The zero-order chi connectivity index (χ0) is 8.10. The molecule has 1 N–H and O–H groups in total. The van der Waals surface area contributed by atoms with Crippen molar-refractivity contribution in [1.29, 1.82) is 0 Å². The maximum absolute atomic E-state index is 8.68. The van der Waals surface area contributed by atoms with Crippen LogP contribution in [-0.4, -0.2) is 30.7 Å². The Hall–Kier alpha value is -0.380. The third-order valence-corrected chi connectivity index (χ3v) is 1.51. The van der Waals surface area contributed by atoms with Gasteiger partial charge in [0.05, 0.1) is 13.2 Å². The molecule has 3 nitrogen and oxygen atoms in total. The molecule has 0 aromatic heterocycles. The van der Waals surface area contributed by atoms with Crippen molar-refractivity contribution in [1.82, 2.24) is 0 Å². The molecule has 0 aromatic carbocycles. The van der Waals surface area contributed by atoms with Crippen molar-refractivity contribution in [3.63, 3.8) is 0 Å². The molecule has 1 saturated heterocycles. The summed E-state index contributed by atoms with van der Waals surface area (Å²) in [5.41, 5.74) is 0. The lowest BCUT2D eigenvalue weighted by molar-refractivity contribution is -0.0300. The molecule has 0 radical (unpaired) electrons. The smallest absolute Gasteiger partial charge is 0.177 e. The highest BCUT2D eigenvalue weighted by atomic mass is 16.7. The predicted octanol–water partition coefficient (Wildman–Crippen LogP) is 0.686. The standard InChI is InChI=1S/C8H14O3/c1-2-3-4-8-10-6-7(5-9)11-8/h3-4,7-9H,2,5-6H2,1H3/b4-3+. The first-order chi connectivity index (χ1) is 5.36. The molecule has 1 fully saturated rings. The van der Waals surface area contributed by atoms with Gasteiger partial charge in [-0.25, -0.2) is 0 Å². The van der Waals surface area contributed by atoms with Crippen LogP contribution in [-0.2, 0) is 9.47 Å². The third-order valence-electron chi connectivity index (χ3n) is 1.51. The summed E-state index contributed by atoms with van der Waals surface area (Å²) >= 11 is 0. The summed E-state index contributed by atoms with van der Waals surface area (Å²) < 4.78 is 10.4. The summed E-state index contributed by atoms with van der Waals surface area (Å²) in [4.78, 5) is 0. The summed E-state index contributed by atoms with van der Waals surface area (Å²) in [5, 5.41) is 8.68. The molecule has 0 saturated carbocycles. The van der Waals surface area contributed by atoms with Crippen LogP contribution in [0.1, 0.15) is 13.3 Å². The normalized spacial score (nSPS) is 31.8. The molecule has 0 bridgehead atoms. The lowest BCUT2D eigenvalue weighted by Crippen LogP contribution is -2.15. The largest absolute Gasteiger partial charge is 0.394 e. The number of hydrogen-bond acceptors (Lipinski definition) is 3. The number of aliphatic hydroxyl groups is 1. The summed E-state index contributed by atoms with van der Waals surface area (Å²) in [7, 11) is 0. The van der Waals surface area contributed by atoms with Crippen molar-refractivity contribution in [3.05, 3.63) is 12.2 Å². The van der Waals surface area contributed by atoms with Crippen LogP contribution in [0.15, 0.2) is 12.2 Å². The van der Waals surface area contributed by atoms with Gasteiger partial charge in [0.25, 0.3) is 0 Å². The highest BCUT2D eigenvalue weighted by molar-refractivity contribution is 4.86. The Kier molecular flexibility index (Phi) is 3.56. The molecule has 11 heavy (non-hydrogen) atoms. The van der Waals surface area contributed by atoms with Gasteiger partial charge in [0, 0.05) is 0 Å². The van der Waals surface area contributed by atoms with E-state index in [1.165, 1.54) is 0 Å². The Morgan fingerprint density at radius 1 is 1.64 bits per heavy atom. The van der Waals surface area contributed by atoms with Gasteiger partial charge in [-0.15, -0.1) is 0 Å². The lowest BCUT2D eigenvalue weighted by Gasteiger charge is -2.03. The lowest BCUT2D eigenvalue weighted by atomic mass is 10.4. The number of rotatable bonds is 3. The van der Waals surface area contributed by atoms with Crippen molar-refractivity contribution in [2.24, 2.45) is 0 Å². The minimum Gasteiger partial charge on any atom is -0.394 e. The van der Waals surface area contributed by atoms with Crippen molar-refractivity contribution < 1.29 is 14.6 Å². The van der Waals surface area contributed by atoms with E-state index in [9.17, 15) is 0 Å². The molecule has 1 aliphatic rings. The van der Waals surface area contributed by atoms with Crippen molar-refractivity contribution in [3.8, 4) is 0 Å². The highest BCUT2D eigenvalue weighted by Gasteiger charge is 2.22. The average molecular weight is 158 g/mol. The predicted molar refractivity (Wildman–Crippen MR) is 41.1 cm³/mol. The molecule has 1 rings (SSSR count).